The first-order chi connectivity index (χ1) is 37.7. The largest absolute Gasteiger partial charge is 0.394 e. The van der Waals surface area contributed by atoms with Gasteiger partial charge in [0.2, 0.25) is 5.91 Å². The fourth-order valence-corrected chi connectivity index (χ4v) is 11.0. The van der Waals surface area contributed by atoms with Crippen LogP contribution < -0.4 is 5.32 Å². The van der Waals surface area contributed by atoms with E-state index >= 15 is 0 Å². The monoisotopic (exact) mass is 1090 g/mol. The zero-order valence-electron chi connectivity index (χ0n) is 50.2. The Hall–Kier alpha value is -1.41. The topological polar surface area (TPSA) is 189 Å². The molecule has 0 saturated carbocycles. The molecule has 11 nitrogen and oxygen atoms in total. The van der Waals surface area contributed by atoms with Crippen molar-refractivity contribution in [2.24, 2.45) is 0 Å². The van der Waals surface area contributed by atoms with Crippen molar-refractivity contribution in [1.29, 1.82) is 0 Å². The van der Waals surface area contributed by atoms with E-state index in [2.05, 4.69) is 43.5 Å². The standard InChI is InChI=1S/C66H127NO10/c1-3-5-7-9-11-13-15-17-19-21-23-25-26-27-28-29-30-31-32-33-34-36-37-39-41-43-45-47-49-51-53-58(69)61(71)57(56-76-66-64(74)63(73)62(72)60(55-68)77-66)67-65(75)59(70)54-52-50-48-46-44-42-40-38-35-24-22-20-18-16-14-12-10-8-6-4-2/h6,8,12,14,57-64,66,68-74H,3-5,7,9-11,13,15-56H2,1-2H3,(H,67,75)/b8-6-,14-12-. The van der Waals surface area contributed by atoms with Crippen LogP contribution in [0.5, 0.6) is 0 Å². The first-order valence-corrected chi connectivity index (χ1v) is 33.2. The van der Waals surface area contributed by atoms with Crippen molar-refractivity contribution in [3.8, 4) is 0 Å². The van der Waals surface area contributed by atoms with Crippen LogP contribution in [0.3, 0.4) is 0 Å². The van der Waals surface area contributed by atoms with Gasteiger partial charge in [-0.05, 0) is 38.5 Å². The molecule has 456 valence electrons. The van der Waals surface area contributed by atoms with Gasteiger partial charge in [0.15, 0.2) is 6.29 Å². The molecule has 0 spiro atoms. The second-order valence-corrected chi connectivity index (χ2v) is 23.5. The van der Waals surface area contributed by atoms with E-state index in [4.69, 9.17) is 9.47 Å². The van der Waals surface area contributed by atoms with Crippen molar-refractivity contribution in [2.45, 2.75) is 377 Å². The molecule has 0 aliphatic carbocycles. The number of rotatable bonds is 58. The van der Waals surface area contributed by atoms with Gasteiger partial charge in [-0.2, -0.15) is 0 Å². The quantitative estimate of drug-likeness (QED) is 0.0215. The van der Waals surface area contributed by atoms with Crippen LogP contribution in [-0.2, 0) is 14.3 Å². The minimum Gasteiger partial charge on any atom is -0.394 e. The Balaban J connectivity index is 2.20. The smallest absolute Gasteiger partial charge is 0.249 e. The van der Waals surface area contributed by atoms with Gasteiger partial charge in [-0.15, -0.1) is 0 Å². The second kappa shape index (κ2) is 55.1. The molecule has 1 fully saturated rings. The van der Waals surface area contributed by atoms with Crippen molar-refractivity contribution < 1.29 is 50.0 Å². The predicted molar refractivity (Wildman–Crippen MR) is 321 cm³/mol. The van der Waals surface area contributed by atoms with Gasteiger partial charge in [0.05, 0.1) is 25.4 Å². The molecule has 11 heteroatoms. The molecule has 0 aromatic carbocycles. The number of carbonyl (C=O) groups is 1. The molecule has 1 amide bonds. The third-order valence-electron chi connectivity index (χ3n) is 16.3. The van der Waals surface area contributed by atoms with Crippen LogP contribution in [0.2, 0.25) is 0 Å². The lowest BCUT2D eigenvalue weighted by Crippen LogP contribution is -2.60. The van der Waals surface area contributed by atoms with E-state index in [1.165, 1.54) is 231 Å². The van der Waals surface area contributed by atoms with Crippen molar-refractivity contribution in [3.63, 3.8) is 0 Å². The number of aliphatic hydroxyl groups is 7. The predicted octanol–water partition coefficient (Wildman–Crippen LogP) is 15.2. The molecule has 0 aromatic rings. The Morgan fingerprint density at radius 3 is 1.22 bits per heavy atom. The number of unbranched alkanes of at least 4 members (excludes halogenated alkanes) is 42. The maximum absolute atomic E-state index is 13.2. The molecule has 0 radical (unpaired) electrons. The lowest BCUT2D eigenvalue weighted by atomic mass is 9.98. The van der Waals surface area contributed by atoms with E-state index in [-0.39, 0.29) is 6.42 Å². The molecule has 1 rings (SSSR count). The van der Waals surface area contributed by atoms with E-state index in [0.29, 0.717) is 19.3 Å². The van der Waals surface area contributed by atoms with Gasteiger partial charge in [-0.3, -0.25) is 4.79 Å². The van der Waals surface area contributed by atoms with Crippen LogP contribution in [-0.4, -0.2) is 110 Å². The van der Waals surface area contributed by atoms with Gasteiger partial charge >= 0.3 is 0 Å². The number of carbonyl (C=O) groups excluding carboxylic acids is 1. The van der Waals surface area contributed by atoms with Gasteiger partial charge in [-0.25, -0.2) is 0 Å². The Morgan fingerprint density at radius 1 is 0.468 bits per heavy atom. The molecule has 8 N–H and O–H groups in total. The summed E-state index contributed by atoms with van der Waals surface area (Å²) in [6.07, 6.45) is 56.8. The van der Waals surface area contributed by atoms with Crippen LogP contribution in [0.15, 0.2) is 24.3 Å². The number of ether oxygens (including phenoxy) is 2. The summed E-state index contributed by atoms with van der Waals surface area (Å²) >= 11 is 0. The lowest BCUT2D eigenvalue weighted by molar-refractivity contribution is -0.303. The van der Waals surface area contributed by atoms with Gasteiger partial charge in [0.25, 0.3) is 0 Å². The zero-order chi connectivity index (χ0) is 56.1. The molecular weight excluding hydrogens is 967 g/mol. The normalized spacial score (nSPS) is 19.6. The summed E-state index contributed by atoms with van der Waals surface area (Å²) in [6, 6.07) is -1.17. The van der Waals surface area contributed by atoms with Crippen LogP contribution in [0.25, 0.3) is 0 Å². The van der Waals surface area contributed by atoms with Gasteiger partial charge < -0.3 is 50.5 Å². The summed E-state index contributed by atoms with van der Waals surface area (Å²) in [5.74, 6) is -0.693. The number of amides is 1. The highest BCUT2D eigenvalue weighted by Crippen LogP contribution is 2.24. The van der Waals surface area contributed by atoms with Crippen LogP contribution >= 0.6 is 0 Å². The van der Waals surface area contributed by atoms with E-state index in [1.54, 1.807) is 0 Å². The van der Waals surface area contributed by atoms with Crippen molar-refractivity contribution in [3.05, 3.63) is 24.3 Å². The van der Waals surface area contributed by atoms with E-state index in [0.717, 1.165) is 51.4 Å². The first kappa shape index (κ1) is 73.6. The Bertz CT molecular complexity index is 1300. The zero-order valence-corrected chi connectivity index (χ0v) is 50.2. The molecule has 1 aliphatic rings. The molecule has 1 saturated heterocycles. The summed E-state index contributed by atoms with van der Waals surface area (Å²) in [5.41, 5.74) is 0. The Labute approximate surface area is 474 Å². The average molecular weight is 1090 g/mol. The first-order valence-electron chi connectivity index (χ1n) is 33.2. The van der Waals surface area contributed by atoms with Crippen molar-refractivity contribution in [2.75, 3.05) is 13.2 Å². The van der Waals surface area contributed by atoms with Gasteiger partial charge in [0.1, 0.15) is 36.6 Å². The van der Waals surface area contributed by atoms with Crippen LogP contribution in [0, 0.1) is 0 Å². The molecule has 9 atom stereocenters. The highest BCUT2D eigenvalue weighted by Gasteiger charge is 2.44. The Kier molecular flexibility index (Phi) is 52.7. The summed E-state index contributed by atoms with van der Waals surface area (Å²) in [6.45, 7) is 3.40. The third-order valence-corrected chi connectivity index (χ3v) is 16.3. The molecule has 1 heterocycles. The number of aliphatic hydroxyl groups excluding tert-OH is 7. The molecule has 1 aliphatic heterocycles. The van der Waals surface area contributed by atoms with Crippen LogP contribution in [0.1, 0.15) is 322 Å². The van der Waals surface area contributed by atoms with Crippen molar-refractivity contribution >= 4 is 5.91 Å². The molecule has 0 aromatic heterocycles. The fourth-order valence-electron chi connectivity index (χ4n) is 11.0. The molecule has 0 bridgehead atoms. The fraction of sp³-hybridized carbons (Fsp3) is 0.924. The summed E-state index contributed by atoms with van der Waals surface area (Å²) in [5, 5.41) is 76.4. The van der Waals surface area contributed by atoms with Crippen LogP contribution in [0.4, 0.5) is 0 Å². The number of nitrogens with one attached hydrogen (secondary N) is 1. The Morgan fingerprint density at radius 2 is 0.831 bits per heavy atom. The summed E-state index contributed by atoms with van der Waals surface area (Å²) < 4.78 is 11.2. The SMILES string of the molecule is CC/C=C\C/C=C\CCCCCCCCCCCCCCCC(O)C(=O)NC(COC1OC(CO)C(O)C(O)C1O)C(O)C(O)CCCCCCCCCCCCCCCCCCCCCCCCCCCCCCCC. The maximum Gasteiger partial charge on any atom is 0.249 e. The number of hydrogen-bond acceptors (Lipinski definition) is 10. The second-order valence-electron chi connectivity index (χ2n) is 23.5. The molecule has 9 unspecified atom stereocenters. The van der Waals surface area contributed by atoms with Gasteiger partial charge in [-0.1, -0.05) is 308 Å². The molecule has 77 heavy (non-hydrogen) atoms. The van der Waals surface area contributed by atoms with E-state index in [1.807, 2.05) is 0 Å². The highest BCUT2D eigenvalue weighted by atomic mass is 16.7. The molecular formula is C66H127NO10. The number of allylic oxidation sites excluding steroid dienone is 4. The summed E-state index contributed by atoms with van der Waals surface area (Å²) in [7, 11) is 0. The lowest BCUT2D eigenvalue weighted by Gasteiger charge is -2.40. The number of hydrogen-bond donors (Lipinski definition) is 8. The van der Waals surface area contributed by atoms with E-state index < -0.39 is 74.2 Å². The minimum atomic E-state index is -1.66. The summed E-state index contributed by atoms with van der Waals surface area (Å²) in [4.78, 5) is 13.2. The minimum absolute atomic E-state index is 0.261. The maximum atomic E-state index is 13.2. The highest BCUT2D eigenvalue weighted by molar-refractivity contribution is 5.80. The van der Waals surface area contributed by atoms with Gasteiger partial charge in [0, 0.05) is 0 Å². The average Bonchev–Trinajstić information content (AvgIpc) is 3.43. The third kappa shape index (κ3) is 43.0. The van der Waals surface area contributed by atoms with E-state index in [9.17, 15) is 40.5 Å². The van der Waals surface area contributed by atoms with Crippen molar-refractivity contribution in [1.82, 2.24) is 5.32 Å².